The molecule has 0 bridgehead atoms. The van der Waals surface area contributed by atoms with Crippen molar-refractivity contribution in [3.63, 3.8) is 0 Å². The molecule has 2 aromatic rings. The maximum absolute atomic E-state index is 12.8. The van der Waals surface area contributed by atoms with Crippen LogP contribution in [0.2, 0.25) is 0 Å². The molecule has 2 rings (SSSR count). The van der Waals surface area contributed by atoms with E-state index in [1.807, 2.05) is 43.3 Å². The maximum Gasteiger partial charge on any atom is 0.178 e. The molecule has 0 amide bonds. The average molecular weight is 294 g/mol. The molecule has 0 atom stereocenters. The average Bonchev–Trinajstić information content (AvgIpc) is 2.52. The summed E-state index contributed by atoms with van der Waals surface area (Å²) < 4.78 is 12.8. The molecule has 22 heavy (non-hydrogen) atoms. The van der Waals surface area contributed by atoms with Crippen molar-refractivity contribution in [2.75, 3.05) is 19.0 Å². The van der Waals surface area contributed by atoms with E-state index >= 15 is 0 Å². The van der Waals surface area contributed by atoms with Gasteiger partial charge in [-0.1, -0.05) is 36.4 Å². The van der Waals surface area contributed by atoms with Gasteiger partial charge in [0, 0.05) is 19.8 Å². The summed E-state index contributed by atoms with van der Waals surface area (Å²) >= 11 is 0. The first kappa shape index (κ1) is 15.7. The first-order valence-corrected chi connectivity index (χ1v) is 6.98. The van der Waals surface area contributed by atoms with Crippen LogP contribution < -0.4 is 4.90 Å². The molecule has 0 fully saturated rings. The molecular formula is C19H18FNO. The molecule has 0 aliphatic rings. The molecule has 0 radical (unpaired) electrons. The van der Waals surface area contributed by atoms with Crippen LogP contribution in [-0.2, 0) is 4.79 Å². The lowest BCUT2D eigenvalue weighted by atomic mass is 10.1. The van der Waals surface area contributed by atoms with E-state index in [1.165, 1.54) is 24.3 Å². The van der Waals surface area contributed by atoms with Crippen molar-refractivity contribution in [1.82, 2.24) is 0 Å². The van der Waals surface area contributed by atoms with Crippen molar-refractivity contribution in [2.24, 2.45) is 0 Å². The van der Waals surface area contributed by atoms with Gasteiger partial charge in [-0.05, 0) is 47.5 Å². The lowest BCUT2D eigenvalue weighted by Crippen LogP contribution is -2.07. The minimum absolute atomic E-state index is 0.110. The molecule has 0 spiro atoms. The first-order chi connectivity index (χ1) is 10.5. The highest BCUT2D eigenvalue weighted by atomic mass is 18.2. The zero-order valence-electron chi connectivity index (χ0n) is 12.7. The van der Waals surface area contributed by atoms with Crippen LogP contribution >= 0.6 is 0 Å². The second-order valence-corrected chi connectivity index (χ2v) is 5.11. The second-order valence-electron chi connectivity index (χ2n) is 5.11. The quantitative estimate of drug-likeness (QED) is 0.771. The predicted octanol–water partition coefficient (Wildman–Crippen LogP) is 4.19. The molecule has 112 valence electrons. The molecule has 2 nitrogen and oxygen atoms in total. The Kier molecular flexibility index (Phi) is 5.26. The normalized spacial score (nSPS) is 11.2. The van der Waals surface area contributed by atoms with Gasteiger partial charge in [0.1, 0.15) is 5.82 Å². The Morgan fingerprint density at radius 3 is 1.77 bits per heavy atom. The molecule has 0 saturated carbocycles. The molecule has 0 unspecified atom stereocenters. The van der Waals surface area contributed by atoms with E-state index in [9.17, 15) is 9.18 Å². The van der Waals surface area contributed by atoms with Crippen LogP contribution in [0.3, 0.4) is 0 Å². The van der Waals surface area contributed by atoms with E-state index in [1.54, 1.807) is 24.3 Å². The summed E-state index contributed by atoms with van der Waals surface area (Å²) in [6.45, 7) is 0. The van der Waals surface area contributed by atoms with Gasteiger partial charge in [-0.25, -0.2) is 4.39 Å². The predicted molar refractivity (Wildman–Crippen MR) is 90.2 cm³/mol. The Balaban J connectivity index is 1.97. The van der Waals surface area contributed by atoms with Gasteiger partial charge in [-0.2, -0.15) is 0 Å². The summed E-state index contributed by atoms with van der Waals surface area (Å²) in [6, 6.07) is 13.9. The van der Waals surface area contributed by atoms with Gasteiger partial charge in [0.15, 0.2) is 5.78 Å². The topological polar surface area (TPSA) is 20.3 Å². The molecule has 0 aromatic heterocycles. The second kappa shape index (κ2) is 7.36. The molecule has 0 aliphatic carbocycles. The van der Waals surface area contributed by atoms with Crippen molar-refractivity contribution in [3.8, 4) is 0 Å². The number of nitrogens with zero attached hydrogens (tertiary/aromatic N) is 1. The lowest BCUT2D eigenvalue weighted by molar-refractivity contribution is -0.110. The zero-order chi connectivity index (χ0) is 15.9. The minimum Gasteiger partial charge on any atom is -0.378 e. The largest absolute Gasteiger partial charge is 0.378 e. The van der Waals surface area contributed by atoms with Crippen LogP contribution in [0.5, 0.6) is 0 Å². The third kappa shape index (κ3) is 4.70. The smallest absolute Gasteiger partial charge is 0.178 e. The highest BCUT2D eigenvalue weighted by Crippen LogP contribution is 2.13. The van der Waals surface area contributed by atoms with Crippen molar-refractivity contribution in [1.29, 1.82) is 0 Å². The van der Waals surface area contributed by atoms with E-state index in [2.05, 4.69) is 0 Å². The molecular weight excluding hydrogens is 276 g/mol. The van der Waals surface area contributed by atoms with Gasteiger partial charge in [0.2, 0.25) is 0 Å². The van der Waals surface area contributed by atoms with Crippen molar-refractivity contribution >= 4 is 23.6 Å². The molecule has 3 heteroatoms. The number of hydrogen-bond donors (Lipinski definition) is 0. The summed E-state index contributed by atoms with van der Waals surface area (Å²) in [4.78, 5) is 13.8. The highest BCUT2D eigenvalue weighted by molar-refractivity contribution is 6.04. The van der Waals surface area contributed by atoms with Gasteiger partial charge in [0.05, 0.1) is 0 Å². The maximum atomic E-state index is 12.8. The summed E-state index contributed by atoms with van der Waals surface area (Å²) in [5, 5.41) is 0. The van der Waals surface area contributed by atoms with Crippen LogP contribution in [0.25, 0.3) is 12.2 Å². The summed E-state index contributed by atoms with van der Waals surface area (Å²) in [5.74, 6) is -0.398. The molecule has 2 aromatic carbocycles. The van der Waals surface area contributed by atoms with Crippen molar-refractivity contribution in [3.05, 3.63) is 77.6 Å². The summed E-state index contributed by atoms with van der Waals surface area (Å²) in [7, 11) is 3.96. The van der Waals surface area contributed by atoms with Crippen molar-refractivity contribution in [2.45, 2.75) is 0 Å². The number of carbonyl (C=O) groups excluding carboxylic acids is 1. The fourth-order valence-corrected chi connectivity index (χ4v) is 1.87. The fourth-order valence-electron chi connectivity index (χ4n) is 1.87. The molecule has 0 N–H and O–H groups in total. The van der Waals surface area contributed by atoms with Gasteiger partial charge >= 0.3 is 0 Å². The number of rotatable bonds is 5. The third-order valence-electron chi connectivity index (χ3n) is 3.16. The van der Waals surface area contributed by atoms with E-state index < -0.39 is 0 Å². The summed E-state index contributed by atoms with van der Waals surface area (Å²) in [5.41, 5.74) is 2.87. The Morgan fingerprint density at radius 1 is 0.864 bits per heavy atom. The number of carbonyl (C=O) groups is 1. The Morgan fingerprint density at radius 2 is 1.32 bits per heavy atom. The number of ketones is 1. The van der Waals surface area contributed by atoms with E-state index in [-0.39, 0.29) is 11.6 Å². The van der Waals surface area contributed by atoms with Crippen LogP contribution in [-0.4, -0.2) is 19.9 Å². The zero-order valence-corrected chi connectivity index (χ0v) is 12.7. The lowest BCUT2D eigenvalue weighted by Gasteiger charge is -2.11. The third-order valence-corrected chi connectivity index (χ3v) is 3.16. The van der Waals surface area contributed by atoms with E-state index in [0.29, 0.717) is 0 Å². The van der Waals surface area contributed by atoms with Gasteiger partial charge in [-0.15, -0.1) is 0 Å². The number of benzene rings is 2. The monoisotopic (exact) mass is 294 g/mol. The standard InChI is InChI=1S/C19H18FNO/c1-21(2)18-11-5-16(6-12-18)8-14-19(22)13-7-15-3-9-17(20)10-4-15/h3-14H,1-2H3/b13-7+,14-8+/i20-1. The van der Waals surface area contributed by atoms with Crippen LogP contribution in [0.1, 0.15) is 11.1 Å². The Hall–Kier alpha value is -2.68. The van der Waals surface area contributed by atoms with Crippen molar-refractivity contribution < 1.29 is 9.18 Å². The molecule has 0 aliphatic heterocycles. The van der Waals surface area contributed by atoms with Gasteiger partial charge in [-0.3, -0.25) is 4.79 Å². The Labute approximate surface area is 130 Å². The number of hydrogen-bond acceptors (Lipinski definition) is 2. The first-order valence-electron chi connectivity index (χ1n) is 6.98. The SMILES string of the molecule is CN(C)c1ccc(/C=C/C(=O)/C=C/c2ccc([18F])cc2)cc1. The van der Waals surface area contributed by atoms with Gasteiger partial charge in [0.25, 0.3) is 0 Å². The fraction of sp³-hybridized carbons (Fsp3) is 0.105. The van der Waals surface area contributed by atoms with Crippen LogP contribution in [0, 0.1) is 5.82 Å². The van der Waals surface area contributed by atoms with Crippen LogP contribution in [0.15, 0.2) is 60.7 Å². The molecule has 0 saturated heterocycles. The van der Waals surface area contributed by atoms with E-state index in [4.69, 9.17) is 0 Å². The summed E-state index contributed by atoms with van der Waals surface area (Å²) in [6.07, 6.45) is 6.43. The number of halogens is 1. The number of anilines is 1. The van der Waals surface area contributed by atoms with E-state index in [0.717, 1.165) is 16.8 Å². The highest BCUT2D eigenvalue weighted by Gasteiger charge is 1.95. The van der Waals surface area contributed by atoms with Gasteiger partial charge < -0.3 is 4.90 Å². The van der Waals surface area contributed by atoms with Crippen LogP contribution in [0.4, 0.5) is 10.1 Å². The molecule has 0 heterocycles. The number of allylic oxidation sites excluding steroid dienone is 2. The Bertz CT molecular complexity index is 682. The minimum atomic E-state index is -0.287.